The molecular weight excluding hydrogens is 386 g/mol. The van der Waals surface area contributed by atoms with Crippen molar-refractivity contribution in [2.75, 3.05) is 0 Å². The highest BCUT2D eigenvalue weighted by Gasteiger charge is 2.25. The molecule has 0 aliphatic heterocycles. The van der Waals surface area contributed by atoms with Gasteiger partial charge in [0, 0.05) is 17.1 Å². The largest absolute Gasteiger partial charge is 0.255 e. The lowest BCUT2D eigenvalue weighted by Gasteiger charge is -2.19. The average Bonchev–Trinajstić information content (AvgIpc) is 3.46. The Morgan fingerprint density at radius 2 is 1.62 bits per heavy atom. The zero-order valence-corrected chi connectivity index (χ0v) is 19.4. The lowest BCUT2D eigenvalue weighted by Crippen LogP contribution is -2.00. The first-order valence-electron chi connectivity index (χ1n) is 12.2. The van der Waals surface area contributed by atoms with Gasteiger partial charge in [0.05, 0.1) is 5.69 Å². The van der Waals surface area contributed by atoms with E-state index in [4.69, 9.17) is 4.98 Å². The number of aryl methyl sites for hydroxylation is 1. The molecule has 160 valence electrons. The Kier molecular flexibility index (Phi) is 4.68. The lowest BCUT2D eigenvalue weighted by molar-refractivity contribution is 0.726. The van der Waals surface area contributed by atoms with Crippen molar-refractivity contribution in [1.82, 2.24) is 4.98 Å². The van der Waals surface area contributed by atoms with E-state index < -0.39 is 0 Å². The molecule has 0 radical (unpaired) electrons. The van der Waals surface area contributed by atoms with E-state index in [1.165, 1.54) is 81.0 Å². The summed E-state index contributed by atoms with van der Waals surface area (Å²) in [5.41, 5.74) is 12.3. The van der Waals surface area contributed by atoms with Gasteiger partial charge in [-0.2, -0.15) is 0 Å². The van der Waals surface area contributed by atoms with Crippen LogP contribution in [0.4, 0.5) is 0 Å². The van der Waals surface area contributed by atoms with Crippen molar-refractivity contribution >= 4 is 10.8 Å². The van der Waals surface area contributed by atoms with E-state index in [1.807, 2.05) is 0 Å². The Bertz CT molecular complexity index is 1340. The molecule has 0 bridgehead atoms. The predicted molar refractivity (Wildman–Crippen MR) is 135 cm³/mol. The van der Waals surface area contributed by atoms with E-state index in [2.05, 4.69) is 81.6 Å². The first-order chi connectivity index (χ1) is 15.6. The summed E-state index contributed by atoms with van der Waals surface area (Å²) in [5.74, 6) is 1.19. The van der Waals surface area contributed by atoms with Gasteiger partial charge in [-0.3, -0.25) is 4.98 Å². The van der Waals surface area contributed by atoms with Gasteiger partial charge in [0.25, 0.3) is 0 Å². The van der Waals surface area contributed by atoms with E-state index in [-0.39, 0.29) is 0 Å². The van der Waals surface area contributed by atoms with Crippen LogP contribution in [0.15, 0.2) is 60.8 Å². The Labute approximate surface area is 191 Å². The van der Waals surface area contributed by atoms with E-state index in [9.17, 15) is 0 Å². The number of hydrogen-bond acceptors (Lipinski definition) is 1. The summed E-state index contributed by atoms with van der Waals surface area (Å²) in [4.78, 5) is 5.18. The molecule has 2 aliphatic rings. The fourth-order valence-electron chi connectivity index (χ4n) is 6.00. The second-order valence-electron chi connectivity index (χ2n) is 10.2. The van der Waals surface area contributed by atoms with Gasteiger partial charge in [-0.05, 0) is 88.4 Å². The summed E-state index contributed by atoms with van der Waals surface area (Å²) in [6, 6.07) is 20.7. The average molecular weight is 418 g/mol. The standard InChI is InChI=1S/C31H31N/c1-19(2)22-12-13-25-27(16-22)30(21-8-4-5-9-21)18-32-31(25)29-15-20(3)14-26-24-11-7-6-10-23(24)17-28(26)29/h6-7,10-16,18-19,21H,4-5,8-9,17H2,1-3H3. The van der Waals surface area contributed by atoms with Crippen LogP contribution >= 0.6 is 0 Å². The molecule has 4 aromatic rings. The molecule has 3 aromatic carbocycles. The molecule has 0 saturated heterocycles. The number of rotatable bonds is 3. The van der Waals surface area contributed by atoms with E-state index in [0.29, 0.717) is 11.8 Å². The quantitative estimate of drug-likeness (QED) is 0.286. The first-order valence-corrected chi connectivity index (χ1v) is 12.2. The van der Waals surface area contributed by atoms with Gasteiger partial charge < -0.3 is 0 Å². The van der Waals surface area contributed by atoms with E-state index >= 15 is 0 Å². The van der Waals surface area contributed by atoms with Crippen LogP contribution in [0.3, 0.4) is 0 Å². The topological polar surface area (TPSA) is 12.9 Å². The highest BCUT2D eigenvalue weighted by molar-refractivity contribution is 5.99. The summed E-state index contributed by atoms with van der Waals surface area (Å²) < 4.78 is 0. The maximum atomic E-state index is 5.18. The molecule has 1 heteroatoms. The van der Waals surface area contributed by atoms with Crippen LogP contribution in [0.1, 0.15) is 79.2 Å². The zero-order valence-electron chi connectivity index (χ0n) is 19.4. The smallest absolute Gasteiger partial charge is 0.0783 e. The lowest BCUT2D eigenvalue weighted by atomic mass is 9.88. The molecule has 0 unspecified atom stereocenters. The summed E-state index contributed by atoms with van der Waals surface area (Å²) >= 11 is 0. The first kappa shape index (κ1) is 19.7. The van der Waals surface area contributed by atoms with Gasteiger partial charge in [-0.1, -0.05) is 75.2 Å². The van der Waals surface area contributed by atoms with Crippen LogP contribution in [0.25, 0.3) is 33.2 Å². The van der Waals surface area contributed by atoms with Gasteiger partial charge in [-0.25, -0.2) is 0 Å². The Hall–Kier alpha value is -2.93. The second kappa shape index (κ2) is 7.59. The number of hydrogen-bond donors (Lipinski definition) is 0. The summed E-state index contributed by atoms with van der Waals surface area (Å²) in [7, 11) is 0. The van der Waals surface area contributed by atoms with Gasteiger partial charge in [0.1, 0.15) is 0 Å². The Morgan fingerprint density at radius 1 is 0.844 bits per heavy atom. The molecule has 6 rings (SSSR count). The predicted octanol–water partition coefficient (Wildman–Crippen LogP) is 8.56. The van der Waals surface area contributed by atoms with Crippen molar-refractivity contribution in [3.05, 3.63) is 88.6 Å². The molecule has 32 heavy (non-hydrogen) atoms. The van der Waals surface area contributed by atoms with Crippen molar-refractivity contribution in [2.45, 2.75) is 64.7 Å². The van der Waals surface area contributed by atoms with Crippen molar-refractivity contribution in [3.8, 4) is 22.4 Å². The molecular formula is C31H31N. The highest BCUT2D eigenvalue weighted by atomic mass is 14.7. The number of benzene rings is 3. The van der Waals surface area contributed by atoms with Crippen LogP contribution in [0.5, 0.6) is 0 Å². The van der Waals surface area contributed by atoms with Crippen molar-refractivity contribution in [1.29, 1.82) is 0 Å². The third-order valence-electron chi connectivity index (χ3n) is 7.73. The number of fused-ring (bicyclic) bond motifs is 4. The minimum absolute atomic E-state index is 0.533. The van der Waals surface area contributed by atoms with Gasteiger partial charge >= 0.3 is 0 Å². The Morgan fingerprint density at radius 3 is 2.44 bits per heavy atom. The molecule has 0 spiro atoms. The molecule has 1 nitrogen and oxygen atoms in total. The third kappa shape index (κ3) is 3.10. The minimum Gasteiger partial charge on any atom is -0.255 e. The monoisotopic (exact) mass is 417 g/mol. The molecule has 0 N–H and O–H groups in total. The molecule has 1 aromatic heterocycles. The molecule has 1 fully saturated rings. The minimum atomic E-state index is 0.533. The van der Waals surface area contributed by atoms with Crippen LogP contribution in [0, 0.1) is 6.92 Å². The highest BCUT2D eigenvalue weighted by Crippen LogP contribution is 2.45. The SMILES string of the molecule is Cc1cc2c(c(-c3ncc(C4CCCC4)c4cc(C(C)C)ccc34)c1)Cc1ccccc1-2. The van der Waals surface area contributed by atoms with Gasteiger partial charge in [0.15, 0.2) is 0 Å². The summed E-state index contributed by atoms with van der Waals surface area (Å²) in [6.45, 7) is 6.81. The molecule has 0 atom stereocenters. The number of aromatic nitrogens is 1. The maximum absolute atomic E-state index is 5.18. The third-order valence-corrected chi connectivity index (χ3v) is 7.73. The van der Waals surface area contributed by atoms with Crippen molar-refractivity contribution < 1.29 is 0 Å². The number of nitrogens with zero attached hydrogens (tertiary/aromatic N) is 1. The van der Waals surface area contributed by atoms with E-state index in [1.54, 1.807) is 0 Å². The Balaban J connectivity index is 1.60. The fraction of sp³-hybridized carbons (Fsp3) is 0.323. The van der Waals surface area contributed by atoms with Gasteiger partial charge in [0.2, 0.25) is 0 Å². The van der Waals surface area contributed by atoms with Gasteiger partial charge in [-0.15, -0.1) is 0 Å². The van der Waals surface area contributed by atoms with Crippen LogP contribution in [-0.2, 0) is 6.42 Å². The van der Waals surface area contributed by atoms with E-state index in [0.717, 1.165) is 12.1 Å². The zero-order chi connectivity index (χ0) is 21.8. The fourth-order valence-corrected chi connectivity index (χ4v) is 6.00. The molecule has 1 saturated carbocycles. The summed E-state index contributed by atoms with van der Waals surface area (Å²) in [5, 5.41) is 2.75. The number of pyridine rings is 1. The maximum Gasteiger partial charge on any atom is 0.0783 e. The van der Waals surface area contributed by atoms with Crippen LogP contribution in [0.2, 0.25) is 0 Å². The summed E-state index contributed by atoms with van der Waals surface area (Å²) in [6.07, 6.45) is 8.52. The van der Waals surface area contributed by atoms with Crippen LogP contribution < -0.4 is 0 Å². The molecule has 0 amide bonds. The molecule has 1 heterocycles. The molecule has 2 aliphatic carbocycles. The van der Waals surface area contributed by atoms with Crippen LogP contribution in [-0.4, -0.2) is 4.98 Å². The van der Waals surface area contributed by atoms with Crippen molar-refractivity contribution in [3.63, 3.8) is 0 Å². The van der Waals surface area contributed by atoms with Crippen molar-refractivity contribution in [2.24, 2.45) is 0 Å². The second-order valence-corrected chi connectivity index (χ2v) is 10.2. The normalized spacial score (nSPS) is 15.5.